The molecule has 8 nitrogen and oxygen atoms in total. The predicted molar refractivity (Wildman–Crippen MR) is 116 cm³/mol. The van der Waals surface area contributed by atoms with Crippen molar-refractivity contribution in [3.05, 3.63) is 88.2 Å². The summed E-state index contributed by atoms with van der Waals surface area (Å²) in [6.45, 7) is 4.35. The van der Waals surface area contributed by atoms with Crippen LogP contribution in [-0.4, -0.2) is 46.0 Å². The van der Waals surface area contributed by atoms with Crippen LogP contribution < -0.4 is 10.2 Å². The first kappa shape index (κ1) is 19.8. The lowest BCUT2D eigenvalue weighted by Gasteiger charge is -2.35. The summed E-state index contributed by atoms with van der Waals surface area (Å²) in [6, 6.07) is 20.1. The molecule has 0 amide bonds. The van der Waals surface area contributed by atoms with Gasteiger partial charge in [-0.25, -0.2) is 9.97 Å². The van der Waals surface area contributed by atoms with Crippen molar-refractivity contribution in [2.24, 2.45) is 0 Å². The first-order valence-corrected chi connectivity index (χ1v) is 9.99. The van der Waals surface area contributed by atoms with Gasteiger partial charge in [-0.15, -0.1) is 0 Å². The Morgan fingerprint density at radius 3 is 2.17 bits per heavy atom. The summed E-state index contributed by atoms with van der Waals surface area (Å²) in [5, 5.41) is 15.0. The average molecular weight is 404 g/mol. The molecule has 30 heavy (non-hydrogen) atoms. The molecule has 4 rings (SSSR count). The average Bonchev–Trinajstić information content (AvgIpc) is 2.79. The highest BCUT2D eigenvalue weighted by Crippen LogP contribution is 2.32. The maximum absolute atomic E-state index is 11.9. The van der Waals surface area contributed by atoms with Crippen molar-refractivity contribution in [3.63, 3.8) is 0 Å². The maximum atomic E-state index is 11.9. The predicted octanol–water partition coefficient (Wildman–Crippen LogP) is 3.32. The number of hydrogen-bond acceptors (Lipinski definition) is 7. The molecule has 1 N–H and O–H groups in total. The lowest BCUT2D eigenvalue weighted by molar-refractivity contribution is -0.383. The van der Waals surface area contributed by atoms with E-state index in [1.54, 1.807) is 0 Å². The van der Waals surface area contributed by atoms with E-state index >= 15 is 0 Å². The van der Waals surface area contributed by atoms with Crippen molar-refractivity contribution in [2.45, 2.75) is 13.1 Å². The van der Waals surface area contributed by atoms with Crippen LogP contribution in [0.3, 0.4) is 0 Å². The third-order valence-electron chi connectivity index (χ3n) is 5.21. The van der Waals surface area contributed by atoms with Gasteiger partial charge in [0.1, 0.15) is 6.33 Å². The van der Waals surface area contributed by atoms with Gasteiger partial charge in [-0.2, -0.15) is 0 Å². The standard InChI is InChI=1S/C22H24N6O2/c29-28(30)20-21(23-15-18-7-3-1-4-8-18)24-17-25-22(20)27-13-11-26(12-14-27)16-19-9-5-2-6-10-19/h1-10,17H,11-16H2,(H,23,24,25). The van der Waals surface area contributed by atoms with Crippen molar-refractivity contribution in [1.29, 1.82) is 0 Å². The summed E-state index contributed by atoms with van der Waals surface area (Å²) in [7, 11) is 0. The molecule has 2 aromatic carbocycles. The molecule has 3 aromatic rings. The molecule has 0 spiro atoms. The van der Waals surface area contributed by atoms with Crippen LogP contribution in [0.4, 0.5) is 17.3 Å². The number of nitro groups is 1. The fraction of sp³-hybridized carbons (Fsp3) is 0.273. The maximum Gasteiger partial charge on any atom is 0.353 e. The molecule has 1 aliphatic rings. The van der Waals surface area contributed by atoms with Crippen LogP contribution in [0.15, 0.2) is 67.0 Å². The highest BCUT2D eigenvalue weighted by molar-refractivity contribution is 5.70. The van der Waals surface area contributed by atoms with Gasteiger partial charge >= 0.3 is 5.69 Å². The Bertz CT molecular complexity index is 975. The molecule has 0 atom stereocenters. The summed E-state index contributed by atoms with van der Waals surface area (Å²) in [5.41, 5.74) is 2.23. The van der Waals surface area contributed by atoms with Gasteiger partial charge in [0.2, 0.25) is 11.6 Å². The highest BCUT2D eigenvalue weighted by atomic mass is 16.6. The SMILES string of the molecule is O=[N+]([O-])c1c(NCc2ccccc2)ncnc1N1CCN(Cc2ccccc2)CC1. The minimum absolute atomic E-state index is 0.0649. The van der Waals surface area contributed by atoms with Crippen LogP contribution in [0.1, 0.15) is 11.1 Å². The van der Waals surface area contributed by atoms with Gasteiger partial charge < -0.3 is 10.2 Å². The van der Waals surface area contributed by atoms with Gasteiger partial charge in [-0.1, -0.05) is 60.7 Å². The minimum Gasteiger partial charge on any atom is -0.360 e. The van der Waals surface area contributed by atoms with Gasteiger partial charge in [0.25, 0.3) is 0 Å². The first-order chi connectivity index (χ1) is 14.7. The fourth-order valence-electron chi connectivity index (χ4n) is 3.64. The van der Waals surface area contributed by atoms with Gasteiger partial charge in [0.05, 0.1) is 4.92 Å². The number of rotatable bonds is 7. The Hall–Kier alpha value is -3.52. The quantitative estimate of drug-likeness (QED) is 0.477. The van der Waals surface area contributed by atoms with Crippen LogP contribution in [0, 0.1) is 10.1 Å². The van der Waals surface area contributed by atoms with Crippen LogP contribution in [0.2, 0.25) is 0 Å². The molecular weight excluding hydrogens is 380 g/mol. The number of nitrogens with one attached hydrogen (secondary N) is 1. The molecule has 8 heteroatoms. The van der Waals surface area contributed by atoms with Crippen LogP contribution in [-0.2, 0) is 13.1 Å². The first-order valence-electron chi connectivity index (χ1n) is 9.99. The number of piperazine rings is 1. The summed E-state index contributed by atoms with van der Waals surface area (Å²) in [5.74, 6) is 0.630. The van der Waals surface area contributed by atoms with Crippen LogP contribution >= 0.6 is 0 Å². The normalized spacial score (nSPS) is 14.5. The molecule has 0 saturated carbocycles. The van der Waals surface area contributed by atoms with E-state index in [0.29, 0.717) is 25.5 Å². The van der Waals surface area contributed by atoms with Crippen molar-refractivity contribution in [1.82, 2.24) is 14.9 Å². The molecular formula is C22H24N6O2. The Balaban J connectivity index is 1.45. The summed E-state index contributed by atoms with van der Waals surface area (Å²) in [4.78, 5) is 24.2. The third-order valence-corrected chi connectivity index (χ3v) is 5.21. The zero-order chi connectivity index (χ0) is 20.8. The molecule has 154 valence electrons. The lowest BCUT2D eigenvalue weighted by atomic mass is 10.2. The fourth-order valence-corrected chi connectivity index (χ4v) is 3.64. The van der Waals surface area contributed by atoms with Crippen molar-refractivity contribution in [3.8, 4) is 0 Å². The lowest BCUT2D eigenvalue weighted by Crippen LogP contribution is -2.46. The van der Waals surface area contributed by atoms with E-state index in [1.807, 2.05) is 53.4 Å². The molecule has 2 heterocycles. The molecule has 0 radical (unpaired) electrons. The largest absolute Gasteiger partial charge is 0.360 e. The van der Waals surface area contributed by atoms with E-state index in [0.717, 1.165) is 25.2 Å². The highest BCUT2D eigenvalue weighted by Gasteiger charge is 2.29. The Morgan fingerprint density at radius 1 is 0.900 bits per heavy atom. The van der Waals surface area contributed by atoms with Crippen molar-refractivity contribution < 1.29 is 4.92 Å². The Labute approximate surface area is 175 Å². The third kappa shape index (κ3) is 4.72. The van der Waals surface area contributed by atoms with Crippen molar-refractivity contribution >= 4 is 17.3 Å². The second kappa shape index (κ2) is 9.32. The van der Waals surface area contributed by atoms with E-state index in [4.69, 9.17) is 0 Å². The number of benzene rings is 2. The monoisotopic (exact) mass is 404 g/mol. The van der Waals surface area contributed by atoms with Gasteiger partial charge in [0.15, 0.2) is 0 Å². The van der Waals surface area contributed by atoms with Crippen LogP contribution in [0.5, 0.6) is 0 Å². The van der Waals surface area contributed by atoms with E-state index in [2.05, 4.69) is 32.3 Å². The number of nitrogens with zero attached hydrogens (tertiary/aromatic N) is 5. The number of anilines is 2. The van der Waals surface area contributed by atoms with Gasteiger partial charge in [0, 0.05) is 39.3 Å². The minimum atomic E-state index is -0.390. The molecule has 0 aliphatic carbocycles. The second-order valence-corrected chi connectivity index (χ2v) is 7.24. The van der Waals surface area contributed by atoms with E-state index in [9.17, 15) is 10.1 Å². The van der Waals surface area contributed by atoms with Gasteiger partial charge in [-0.3, -0.25) is 15.0 Å². The molecule has 0 unspecified atom stereocenters. The second-order valence-electron chi connectivity index (χ2n) is 7.24. The van der Waals surface area contributed by atoms with E-state index < -0.39 is 0 Å². The topological polar surface area (TPSA) is 87.4 Å². The molecule has 1 aliphatic heterocycles. The molecule has 1 saturated heterocycles. The van der Waals surface area contributed by atoms with Crippen LogP contribution in [0.25, 0.3) is 0 Å². The van der Waals surface area contributed by atoms with Gasteiger partial charge in [-0.05, 0) is 11.1 Å². The van der Waals surface area contributed by atoms with E-state index in [1.165, 1.54) is 11.9 Å². The summed E-state index contributed by atoms with van der Waals surface area (Å²) >= 11 is 0. The number of aromatic nitrogens is 2. The Morgan fingerprint density at radius 2 is 1.53 bits per heavy atom. The summed E-state index contributed by atoms with van der Waals surface area (Å²) < 4.78 is 0. The van der Waals surface area contributed by atoms with Crippen molar-refractivity contribution in [2.75, 3.05) is 36.4 Å². The molecule has 1 fully saturated rings. The number of hydrogen-bond donors (Lipinski definition) is 1. The zero-order valence-corrected chi connectivity index (χ0v) is 16.6. The summed E-state index contributed by atoms with van der Waals surface area (Å²) in [6.07, 6.45) is 1.39. The smallest absolute Gasteiger partial charge is 0.353 e. The Kier molecular flexibility index (Phi) is 6.14. The molecule has 0 bridgehead atoms. The zero-order valence-electron chi connectivity index (χ0n) is 16.6. The van der Waals surface area contributed by atoms with E-state index in [-0.39, 0.29) is 16.4 Å². The molecule has 1 aromatic heterocycles.